The molecular weight excluding hydrogens is 229 g/mol. The Bertz CT molecular complexity index is 439. The van der Waals surface area contributed by atoms with Gasteiger partial charge in [0.05, 0.1) is 6.54 Å². The molecule has 2 rings (SSSR count). The molecule has 1 N–H and O–H groups in total. The Morgan fingerprint density at radius 2 is 1.81 bits per heavy atom. The minimum absolute atomic E-state index is 0. The molecule has 0 fully saturated rings. The molecule has 1 aromatic heterocycles. The monoisotopic (exact) mass is 241 g/mol. The second-order valence-corrected chi connectivity index (χ2v) is 3.30. The van der Waals surface area contributed by atoms with Gasteiger partial charge in [-0.3, -0.25) is 0 Å². The molecule has 0 radical (unpaired) electrons. The van der Waals surface area contributed by atoms with E-state index in [1.54, 1.807) is 12.1 Å². The van der Waals surface area contributed by atoms with E-state index >= 15 is 0 Å². The van der Waals surface area contributed by atoms with E-state index in [2.05, 4.69) is 5.32 Å². The van der Waals surface area contributed by atoms with Crippen LogP contribution >= 0.6 is 12.4 Å². The number of nitrogens with one attached hydrogen (secondary N) is 1. The predicted octanol–water partition coefficient (Wildman–Crippen LogP) is 3.23. The fourth-order valence-electron chi connectivity index (χ4n) is 1.42. The Labute approximate surface area is 99.9 Å². The molecule has 0 atom stereocenters. The van der Waals surface area contributed by atoms with Crippen LogP contribution in [0.1, 0.15) is 5.76 Å². The second-order valence-electron chi connectivity index (χ2n) is 3.30. The summed E-state index contributed by atoms with van der Waals surface area (Å²) in [5.41, 5.74) is 0.888. The van der Waals surface area contributed by atoms with E-state index in [1.165, 1.54) is 12.1 Å². The summed E-state index contributed by atoms with van der Waals surface area (Å²) in [6, 6.07) is 10.1. The largest absolute Gasteiger partial charge is 0.460 e. The molecule has 0 aliphatic heterocycles. The van der Waals surface area contributed by atoms with Crippen LogP contribution in [0.4, 0.5) is 4.39 Å². The maximum absolute atomic E-state index is 12.7. The molecule has 0 saturated heterocycles. The Hall–Kier alpha value is -1.32. The molecule has 16 heavy (non-hydrogen) atoms. The van der Waals surface area contributed by atoms with Gasteiger partial charge in [-0.2, -0.15) is 0 Å². The van der Waals surface area contributed by atoms with Crippen LogP contribution in [-0.2, 0) is 6.54 Å². The van der Waals surface area contributed by atoms with E-state index in [-0.39, 0.29) is 18.2 Å². The molecule has 0 spiro atoms. The lowest BCUT2D eigenvalue weighted by molar-refractivity contribution is 0.507. The van der Waals surface area contributed by atoms with Crippen LogP contribution < -0.4 is 5.32 Å². The van der Waals surface area contributed by atoms with Crippen LogP contribution in [0.5, 0.6) is 0 Å². The van der Waals surface area contributed by atoms with E-state index in [9.17, 15) is 4.39 Å². The van der Waals surface area contributed by atoms with Gasteiger partial charge in [0.15, 0.2) is 0 Å². The van der Waals surface area contributed by atoms with E-state index in [0.717, 1.165) is 17.1 Å². The van der Waals surface area contributed by atoms with Crippen molar-refractivity contribution in [3.8, 4) is 11.3 Å². The Morgan fingerprint density at radius 1 is 1.12 bits per heavy atom. The van der Waals surface area contributed by atoms with Gasteiger partial charge in [-0.1, -0.05) is 0 Å². The molecule has 0 unspecified atom stereocenters. The highest BCUT2D eigenvalue weighted by molar-refractivity contribution is 5.85. The van der Waals surface area contributed by atoms with Gasteiger partial charge in [0.25, 0.3) is 0 Å². The zero-order chi connectivity index (χ0) is 10.7. The van der Waals surface area contributed by atoms with Gasteiger partial charge >= 0.3 is 0 Å². The van der Waals surface area contributed by atoms with Crippen molar-refractivity contribution in [2.75, 3.05) is 7.05 Å². The van der Waals surface area contributed by atoms with Crippen LogP contribution in [0.2, 0.25) is 0 Å². The van der Waals surface area contributed by atoms with Crippen LogP contribution in [0, 0.1) is 5.82 Å². The van der Waals surface area contributed by atoms with Gasteiger partial charge in [-0.15, -0.1) is 12.4 Å². The number of benzene rings is 1. The van der Waals surface area contributed by atoms with E-state index in [1.807, 2.05) is 19.2 Å². The zero-order valence-corrected chi connectivity index (χ0v) is 9.68. The van der Waals surface area contributed by atoms with E-state index in [4.69, 9.17) is 4.42 Å². The van der Waals surface area contributed by atoms with E-state index in [0.29, 0.717) is 6.54 Å². The molecule has 0 aliphatic rings. The van der Waals surface area contributed by atoms with Gasteiger partial charge in [0.1, 0.15) is 17.3 Å². The van der Waals surface area contributed by atoms with Crippen molar-refractivity contribution in [2.24, 2.45) is 0 Å². The molecule has 0 aliphatic carbocycles. The topological polar surface area (TPSA) is 25.2 Å². The van der Waals surface area contributed by atoms with Crippen molar-refractivity contribution in [2.45, 2.75) is 6.54 Å². The molecule has 4 heteroatoms. The molecule has 1 aromatic carbocycles. The predicted molar refractivity (Wildman–Crippen MR) is 64.1 cm³/mol. The minimum Gasteiger partial charge on any atom is -0.460 e. The molecule has 0 saturated carbocycles. The number of furan rings is 1. The van der Waals surface area contributed by atoms with Gasteiger partial charge in [-0.25, -0.2) is 4.39 Å². The summed E-state index contributed by atoms with van der Waals surface area (Å²) in [4.78, 5) is 0. The summed E-state index contributed by atoms with van der Waals surface area (Å²) >= 11 is 0. The first kappa shape index (κ1) is 12.7. The van der Waals surface area contributed by atoms with Crippen molar-refractivity contribution in [3.63, 3.8) is 0 Å². The summed E-state index contributed by atoms with van der Waals surface area (Å²) < 4.78 is 18.3. The average molecular weight is 242 g/mol. The molecule has 0 bridgehead atoms. The van der Waals surface area contributed by atoms with Crippen molar-refractivity contribution in [3.05, 3.63) is 48.0 Å². The highest BCUT2D eigenvalue weighted by atomic mass is 35.5. The zero-order valence-electron chi connectivity index (χ0n) is 8.87. The van der Waals surface area contributed by atoms with Gasteiger partial charge < -0.3 is 9.73 Å². The molecule has 86 valence electrons. The fraction of sp³-hybridized carbons (Fsp3) is 0.167. The van der Waals surface area contributed by atoms with Crippen molar-refractivity contribution in [1.29, 1.82) is 0 Å². The third kappa shape index (κ3) is 2.84. The Balaban J connectivity index is 0.00000128. The fourth-order valence-corrected chi connectivity index (χ4v) is 1.42. The standard InChI is InChI=1S/C12H12FNO.ClH/c1-14-8-11-6-7-12(15-11)9-2-4-10(13)5-3-9;/h2-7,14H,8H2,1H3;1H. The first-order valence-electron chi connectivity index (χ1n) is 4.79. The number of halogens is 2. The average Bonchev–Trinajstić information content (AvgIpc) is 2.68. The number of hydrogen-bond acceptors (Lipinski definition) is 2. The highest BCUT2D eigenvalue weighted by Crippen LogP contribution is 2.22. The molecule has 2 nitrogen and oxygen atoms in total. The summed E-state index contributed by atoms with van der Waals surface area (Å²) in [7, 11) is 1.86. The van der Waals surface area contributed by atoms with Crippen LogP contribution in [0.15, 0.2) is 40.8 Å². The van der Waals surface area contributed by atoms with Crippen LogP contribution in [-0.4, -0.2) is 7.05 Å². The molecule has 1 heterocycles. The molecule has 2 aromatic rings. The highest BCUT2D eigenvalue weighted by Gasteiger charge is 2.03. The summed E-state index contributed by atoms with van der Waals surface area (Å²) in [5, 5.41) is 3.00. The number of rotatable bonds is 3. The van der Waals surface area contributed by atoms with Crippen LogP contribution in [0.25, 0.3) is 11.3 Å². The van der Waals surface area contributed by atoms with Gasteiger partial charge in [0.2, 0.25) is 0 Å². The minimum atomic E-state index is -0.235. The van der Waals surface area contributed by atoms with Gasteiger partial charge in [0, 0.05) is 5.56 Å². The normalized spacial score (nSPS) is 9.88. The molecule has 0 amide bonds. The maximum Gasteiger partial charge on any atom is 0.134 e. The SMILES string of the molecule is CNCc1ccc(-c2ccc(F)cc2)o1.Cl. The summed E-state index contributed by atoms with van der Waals surface area (Å²) in [5.74, 6) is 1.40. The Morgan fingerprint density at radius 3 is 2.44 bits per heavy atom. The summed E-state index contributed by atoms with van der Waals surface area (Å²) in [6.45, 7) is 0.696. The number of hydrogen-bond donors (Lipinski definition) is 1. The first-order valence-corrected chi connectivity index (χ1v) is 4.79. The summed E-state index contributed by atoms with van der Waals surface area (Å²) in [6.07, 6.45) is 0. The maximum atomic E-state index is 12.7. The van der Waals surface area contributed by atoms with Crippen molar-refractivity contribution in [1.82, 2.24) is 5.32 Å². The lowest BCUT2D eigenvalue weighted by Crippen LogP contribution is -2.03. The van der Waals surface area contributed by atoms with Crippen molar-refractivity contribution < 1.29 is 8.81 Å². The third-order valence-electron chi connectivity index (χ3n) is 2.14. The Kier molecular flexibility index (Phi) is 4.52. The quantitative estimate of drug-likeness (QED) is 0.893. The lowest BCUT2D eigenvalue weighted by Gasteiger charge is -1.97. The molecular formula is C12H13ClFNO. The van der Waals surface area contributed by atoms with Crippen molar-refractivity contribution >= 4 is 12.4 Å². The lowest BCUT2D eigenvalue weighted by atomic mass is 10.2. The smallest absolute Gasteiger partial charge is 0.134 e. The van der Waals surface area contributed by atoms with E-state index < -0.39 is 0 Å². The third-order valence-corrected chi connectivity index (χ3v) is 2.14. The van der Waals surface area contributed by atoms with Crippen LogP contribution in [0.3, 0.4) is 0 Å². The second kappa shape index (κ2) is 5.68. The van der Waals surface area contributed by atoms with Gasteiger partial charge in [-0.05, 0) is 43.4 Å². The first-order chi connectivity index (χ1) is 7.29.